The Balaban J connectivity index is 1.33. The Morgan fingerprint density at radius 3 is 2.52 bits per heavy atom. The predicted octanol–water partition coefficient (Wildman–Crippen LogP) is 1.05. The van der Waals surface area contributed by atoms with Gasteiger partial charge in [0.15, 0.2) is 0 Å². The Kier molecular flexibility index (Phi) is 4.43. The molecule has 7 nitrogen and oxygen atoms in total. The van der Waals surface area contributed by atoms with Crippen LogP contribution in [0.15, 0.2) is 36.7 Å². The minimum atomic E-state index is -0.00678. The topological polar surface area (TPSA) is 74.7 Å². The normalized spacial score (nSPS) is 16.3. The molecule has 140 valence electrons. The van der Waals surface area contributed by atoms with Crippen molar-refractivity contribution in [2.24, 2.45) is 7.05 Å². The zero-order valence-corrected chi connectivity index (χ0v) is 15.3. The van der Waals surface area contributed by atoms with E-state index in [2.05, 4.69) is 5.32 Å². The van der Waals surface area contributed by atoms with E-state index in [1.54, 1.807) is 4.90 Å². The van der Waals surface area contributed by atoms with E-state index in [1.165, 1.54) is 0 Å². The minimum absolute atomic E-state index is 0.00678. The van der Waals surface area contributed by atoms with Gasteiger partial charge < -0.3 is 19.7 Å². The molecule has 1 N–H and O–H groups in total. The number of amides is 3. The lowest BCUT2D eigenvalue weighted by molar-refractivity contribution is -0.131. The first-order chi connectivity index (χ1) is 13.0. The molecule has 27 heavy (non-hydrogen) atoms. The fraction of sp³-hybridized carbons (Fsp3) is 0.350. The Morgan fingerprint density at radius 1 is 1.07 bits per heavy atom. The number of aromatic nitrogens is 1. The summed E-state index contributed by atoms with van der Waals surface area (Å²) < 4.78 is 1.85. The van der Waals surface area contributed by atoms with Gasteiger partial charge in [-0.2, -0.15) is 0 Å². The summed E-state index contributed by atoms with van der Waals surface area (Å²) in [6, 6.07) is 7.49. The van der Waals surface area contributed by atoms with E-state index in [0.29, 0.717) is 44.6 Å². The minimum Gasteiger partial charge on any atom is -0.356 e. The molecule has 1 saturated heterocycles. The number of anilines is 1. The number of nitrogens with one attached hydrogen (secondary N) is 1. The van der Waals surface area contributed by atoms with Crippen LogP contribution in [-0.4, -0.2) is 58.3 Å². The summed E-state index contributed by atoms with van der Waals surface area (Å²) in [5.74, 6) is 0.0604. The third kappa shape index (κ3) is 3.58. The molecule has 0 saturated carbocycles. The molecule has 4 rings (SSSR count). The molecule has 0 radical (unpaired) electrons. The number of carbonyl (C=O) groups is 3. The molecule has 1 aromatic carbocycles. The first kappa shape index (κ1) is 17.3. The van der Waals surface area contributed by atoms with Crippen molar-refractivity contribution in [1.82, 2.24) is 14.4 Å². The third-order valence-electron chi connectivity index (χ3n) is 5.15. The fourth-order valence-corrected chi connectivity index (χ4v) is 3.65. The van der Waals surface area contributed by atoms with Crippen molar-refractivity contribution in [3.63, 3.8) is 0 Å². The zero-order valence-electron chi connectivity index (χ0n) is 15.3. The van der Waals surface area contributed by atoms with Gasteiger partial charge in [0.1, 0.15) is 0 Å². The van der Waals surface area contributed by atoms with E-state index < -0.39 is 0 Å². The van der Waals surface area contributed by atoms with Crippen molar-refractivity contribution in [2.75, 3.05) is 31.5 Å². The summed E-state index contributed by atoms with van der Waals surface area (Å²) in [5.41, 5.74) is 3.38. The molecule has 1 aromatic heterocycles. The Hall–Kier alpha value is -3.09. The zero-order chi connectivity index (χ0) is 19.0. The summed E-state index contributed by atoms with van der Waals surface area (Å²) in [5, 5.41) is 2.80. The lowest BCUT2D eigenvalue weighted by atomic mass is 10.1. The molecule has 0 atom stereocenters. The number of rotatable bonds is 3. The maximum absolute atomic E-state index is 12.6. The second-order valence-electron chi connectivity index (χ2n) is 7.13. The largest absolute Gasteiger partial charge is 0.356 e. The SMILES string of the molecule is Cn1ccc(C(=O)N2CCN(C(=O)Cc3ccc4c(c3)CC(=O)N4)CC2)c1. The first-order valence-electron chi connectivity index (χ1n) is 9.10. The molecular weight excluding hydrogens is 344 g/mol. The van der Waals surface area contributed by atoms with Gasteiger partial charge in [-0.3, -0.25) is 14.4 Å². The van der Waals surface area contributed by atoms with Crippen molar-refractivity contribution < 1.29 is 14.4 Å². The van der Waals surface area contributed by atoms with Gasteiger partial charge in [0.25, 0.3) is 5.91 Å². The molecule has 0 spiro atoms. The van der Waals surface area contributed by atoms with Crippen LogP contribution in [0, 0.1) is 0 Å². The van der Waals surface area contributed by atoms with Crippen LogP contribution in [0.2, 0.25) is 0 Å². The summed E-state index contributed by atoms with van der Waals surface area (Å²) >= 11 is 0. The maximum Gasteiger partial charge on any atom is 0.255 e. The van der Waals surface area contributed by atoms with Crippen LogP contribution >= 0.6 is 0 Å². The van der Waals surface area contributed by atoms with E-state index in [1.807, 2.05) is 53.2 Å². The molecule has 2 aliphatic rings. The molecule has 2 aliphatic heterocycles. The van der Waals surface area contributed by atoms with Crippen LogP contribution in [0.4, 0.5) is 5.69 Å². The van der Waals surface area contributed by atoms with Crippen LogP contribution in [0.5, 0.6) is 0 Å². The number of aryl methyl sites for hydroxylation is 1. The van der Waals surface area contributed by atoms with Crippen LogP contribution in [-0.2, 0) is 29.5 Å². The highest BCUT2D eigenvalue weighted by atomic mass is 16.2. The molecule has 3 amide bonds. The monoisotopic (exact) mass is 366 g/mol. The van der Waals surface area contributed by atoms with Crippen molar-refractivity contribution in [2.45, 2.75) is 12.8 Å². The third-order valence-corrected chi connectivity index (χ3v) is 5.15. The molecule has 2 aromatic rings. The molecule has 0 bridgehead atoms. The van der Waals surface area contributed by atoms with Crippen molar-refractivity contribution in [3.05, 3.63) is 53.3 Å². The van der Waals surface area contributed by atoms with E-state index in [9.17, 15) is 14.4 Å². The van der Waals surface area contributed by atoms with Crippen molar-refractivity contribution in [3.8, 4) is 0 Å². The van der Waals surface area contributed by atoms with E-state index in [0.717, 1.165) is 16.8 Å². The highest BCUT2D eigenvalue weighted by Gasteiger charge is 2.25. The second kappa shape index (κ2) is 6.90. The number of hydrogen-bond acceptors (Lipinski definition) is 3. The van der Waals surface area contributed by atoms with E-state index in [4.69, 9.17) is 0 Å². The average molecular weight is 366 g/mol. The molecular formula is C20H22N4O3. The lowest BCUT2D eigenvalue weighted by Crippen LogP contribution is -2.50. The van der Waals surface area contributed by atoms with Crippen LogP contribution in [0.25, 0.3) is 0 Å². The predicted molar refractivity (Wildman–Crippen MR) is 100 cm³/mol. The van der Waals surface area contributed by atoms with Gasteiger partial charge in [-0.25, -0.2) is 0 Å². The average Bonchev–Trinajstić information content (AvgIpc) is 3.25. The van der Waals surface area contributed by atoms with Crippen LogP contribution < -0.4 is 5.32 Å². The summed E-state index contributed by atoms with van der Waals surface area (Å²) in [6.45, 7) is 2.18. The lowest BCUT2D eigenvalue weighted by Gasteiger charge is -2.34. The van der Waals surface area contributed by atoms with Gasteiger partial charge in [-0.15, -0.1) is 0 Å². The summed E-state index contributed by atoms with van der Waals surface area (Å²) in [7, 11) is 1.89. The number of nitrogens with zero attached hydrogens (tertiary/aromatic N) is 3. The van der Waals surface area contributed by atoms with Crippen LogP contribution in [0.3, 0.4) is 0 Å². The van der Waals surface area contributed by atoms with Crippen LogP contribution in [0.1, 0.15) is 21.5 Å². The van der Waals surface area contributed by atoms with E-state index in [-0.39, 0.29) is 17.7 Å². The van der Waals surface area contributed by atoms with Gasteiger partial charge in [-0.05, 0) is 23.3 Å². The number of benzene rings is 1. The molecule has 0 aliphatic carbocycles. The summed E-state index contributed by atoms with van der Waals surface area (Å²) in [6.07, 6.45) is 4.35. The van der Waals surface area contributed by atoms with Gasteiger partial charge in [-0.1, -0.05) is 12.1 Å². The van der Waals surface area contributed by atoms with Gasteiger partial charge in [0.05, 0.1) is 18.4 Å². The van der Waals surface area contributed by atoms with Crippen molar-refractivity contribution >= 4 is 23.4 Å². The number of hydrogen-bond donors (Lipinski definition) is 1. The first-order valence-corrected chi connectivity index (χ1v) is 9.10. The van der Waals surface area contributed by atoms with Crippen molar-refractivity contribution in [1.29, 1.82) is 0 Å². The van der Waals surface area contributed by atoms with Gasteiger partial charge in [0.2, 0.25) is 11.8 Å². The maximum atomic E-state index is 12.6. The van der Waals surface area contributed by atoms with Gasteiger partial charge >= 0.3 is 0 Å². The van der Waals surface area contributed by atoms with Gasteiger partial charge in [0, 0.05) is 51.3 Å². The number of fused-ring (bicyclic) bond motifs is 1. The number of carbonyl (C=O) groups excluding carboxylic acids is 3. The standard InChI is InChI=1S/C20H22N4O3/c1-22-5-4-15(13-22)20(27)24-8-6-23(7-9-24)19(26)11-14-2-3-17-16(10-14)12-18(25)21-17/h2-5,10,13H,6-9,11-12H2,1H3,(H,21,25). The highest BCUT2D eigenvalue weighted by Crippen LogP contribution is 2.24. The van der Waals surface area contributed by atoms with E-state index >= 15 is 0 Å². The smallest absolute Gasteiger partial charge is 0.255 e. The molecule has 0 unspecified atom stereocenters. The summed E-state index contributed by atoms with van der Waals surface area (Å²) in [4.78, 5) is 40.2. The number of piperazine rings is 1. The molecule has 7 heteroatoms. The highest BCUT2D eigenvalue weighted by molar-refractivity contribution is 5.99. The Bertz CT molecular complexity index is 910. The second-order valence-corrected chi connectivity index (χ2v) is 7.13. The quantitative estimate of drug-likeness (QED) is 0.882. The molecule has 3 heterocycles. The Labute approximate surface area is 157 Å². The fourth-order valence-electron chi connectivity index (χ4n) is 3.65. The molecule has 1 fully saturated rings. The Morgan fingerprint density at radius 2 is 1.81 bits per heavy atom.